The van der Waals surface area contributed by atoms with E-state index in [9.17, 15) is 4.79 Å². The van der Waals surface area contributed by atoms with Crippen molar-refractivity contribution in [2.24, 2.45) is 0 Å². The second kappa shape index (κ2) is 10.4. The molecule has 1 fully saturated rings. The normalized spacial score (nSPS) is 14.6. The van der Waals surface area contributed by atoms with Gasteiger partial charge in [-0.15, -0.1) is 17.5 Å². The van der Waals surface area contributed by atoms with Crippen LogP contribution in [0.4, 0.5) is 0 Å². The van der Waals surface area contributed by atoms with E-state index in [1.807, 2.05) is 41.9 Å². The number of carbonyl (C=O) groups is 1. The van der Waals surface area contributed by atoms with Crippen LogP contribution in [0.25, 0.3) is 0 Å². The molecule has 148 valence electrons. The zero-order valence-electron chi connectivity index (χ0n) is 15.9. The molecule has 8 heteroatoms. The summed E-state index contributed by atoms with van der Waals surface area (Å²) >= 11 is 0. The molecule has 0 unspecified atom stereocenters. The van der Waals surface area contributed by atoms with Gasteiger partial charge in [0.1, 0.15) is 0 Å². The third-order valence-electron chi connectivity index (χ3n) is 4.81. The molecule has 1 aromatic carbocycles. The number of nitrogens with zero attached hydrogens (tertiary/aromatic N) is 4. The Morgan fingerprint density at radius 3 is 2.70 bits per heavy atom. The van der Waals surface area contributed by atoms with Gasteiger partial charge in [0.15, 0.2) is 5.69 Å². The monoisotopic (exact) mass is 393 g/mol. The predicted octanol–water partition coefficient (Wildman–Crippen LogP) is 2.22. The molecule has 1 saturated heterocycles. The zero-order chi connectivity index (χ0) is 18.4. The fourth-order valence-corrected chi connectivity index (χ4v) is 3.18. The van der Waals surface area contributed by atoms with E-state index in [1.165, 1.54) is 0 Å². The molecule has 1 aromatic heterocycles. The summed E-state index contributed by atoms with van der Waals surface area (Å²) in [7, 11) is 1.77. The molecular formula is C19H28ClN5O2. The Kier molecular flexibility index (Phi) is 8.22. The predicted molar refractivity (Wildman–Crippen MR) is 106 cm³/mol. The molecule has 2 aromatic rings. The van der Waals surface area contributed by atoms with E-state index in [2.05, 4.69) is 15.6 Å². The number of carbonyl (C=O) groups excluding carboxylic acids is 1. The summed E-state index contributed by atoms with van der Waals surface area (Å²) in [6.07, 6.45) is 2.03. The van der Waals surface area contributed by atoms with Crippen molar-refractivity contribution in [1.82, 2.24) is 25.2 Å². The maximum absolute atomic E-state index is 12.7. The largest absolute Gasteiger partial charge is 0.375 e. The SMILES string of the molecule is Cc1c(C(=O)N(C)CCOCc2ccccc2)nnn1C1CCNCC1.Cl. The Labute approximate surface area is 166 Å². The maximum atomic E-state index is 12.7. The van der Waals surface area contributed by atoms with Gasteiger partial charge in [-0.25, -0.2) is 4.68 Å². The highest BCUT2D eigenvalue weighted by atomic mass is 35.5. The highest BCUT2D eigenvalue weighted by Gasteiger charge is 2.24. The van der Waals surface area contributed by atoms with Gasteiger partial charge in [-0.2, -0.15) is 0 Å². The Morgan fingerprint density at radius 1 is 1.30 bits per heavy atom. The second-order valence-corrected chi connectivity index (χ2v) is 6.71. The Balaban J connectivity index is 0.00000261. The van der Waals surface area contributed by atoms with Gasteiger partial charge in [0, 0.05) is 13.6 Å². The van der Waals surface area contributed by atoms with Crippen LogP contribution in [0.15, 0.2) is 30.3 Å². The summed E-state index contributed by atoms with van der Waals surface area (Å²) in [6.45, 7) is 5.44. The molecule has 7 nitrogen and oxygen atoms in total. The lowest BCUT2D eigenvalue weighted by Crippen LogP contribution is -2.32. The van der Waals surface area contributed by atoms with Crippen LogP contribution >= 0.6 is 12.4 Å². The third-order valence-corrected chi connectivity index (χ3v) is 4.81. The first-order chi connectivity index (χ1) is 12.7. The third kappa shape index (κ3) is 5.51. The van der Waals surface area contributed by atoms with E-state index in [0.29, 0.717) is 31.5 Å². The van der Waals surface area contributed by atoms with Crippen molar-refractivity contribution in [2.75, 3.05) is 33.3 Å². The van der Waals surface area contributed by atoms with Crippen molar-refractivity contribution in [3.63, 3.8) is 0 Å². The number of piperidine rings is 1. The van der Waals surface area contributed by atoms with Gasteiger partial charge in [0.2, 0.25) is 0 Å². The number of nitrogens with one attached hydrogen (secondary N) is 1. The van der Waals surface area contributed by atoms with Gasteiger partial charge in [-0.3, -0.25) is 4.79 Å². The number of ether oxygens (including phenoxy) is 1. The lowest BCUT2D eigenvalue weighted by atomic mass is 10.1. The van der Waals surface area contributed by atoms with E-state index in [4.69, 9.17) is 4.74 Å². The quantitative estimate of drug-likeness (QED) is 0.730. The molecule has 2 heterocycles. The summed E-state index contributed by atoms with van der Waals surface area (Å²) in [5.74, 6) is -0.106. The van der Waals surface area contributed by atoms with Gasteiger partial charge in [0.25, 0.3) is 5.91 Å². The topological polar surface area (TPSA) is 72.3 Å². The van der Waals surface area contributed by atoms with Crippen molar-refractivity contribution in [3.8, 4) is 0 Å². The number of hydrogen-bond donors (Lipinski definition) is 1. The highest BCUT2D eigenvalue weighted by molar-refractivity contribution is 5.93. The van der Waals surface area contributed by atoms with E-state index < -0.39 is 0 Å². The zero-order valence-corrected chi connectivity index (χ0v) is 16.7. The number of rotatable bonds is 7. The number of benzene rings is 1. The molecule has 1 N–H and O–H groups in total. The molecule has 1 aliphatic rings. The minimum absolute atomic E-state index is 0. The average Bonchev–Trinajstić information content (AvgIpc) is 3.07. The fourth-order valence-electron chi connectivity index (χ4n) is 3.18. The van der Waals surface area contributed by atoms with E-state index in [0.717, 1.165) is 37.2 Å². The molecule has 0 radical (unpaired) electrons. The number of amides is 1. The first-order valence-electron chi connectivity index (χ1n) is 9.16. The minimum atomic E-state index is -0.106. The Morgan fingerprint density at radius 2 is 2.00 bits per heavy atom. The van der Waals surface area contributed by atoms with Crippen LogP contribution in [-0.2, 0) is 11.3 Å². The van der Waals surface area contributed by atoms with Crippen molar-refractivity contribution in [1.29, 1.82) is 0 Å². The van der Waals surface area contributed by atoms with Crippen LogP contribution in [0, 0.1) is 6.92 Å². The Bertz CT molecular complexity index is 716. The number of hydrogen-bond acceptors (Lipinski definition) is 5. The maximum Gasteiger partial charge on any atom is 0.276 e. The fraction of sp³-hybridized carbons (Fsp3) is 0.526. The first kappa shape index (κ1) is 21.3. The summed E-state index contributed by atoms with van der Waals surface area (Å²) in [5, 5.41) is 11.7. The molecule has 0 saturated carbocycles. The highest BCUT2D eigenvalue weighted by Crippen LogP contribution is 2.20. The smallest absolute Gasteiger partial charge is 0.276 e. The molecule has 1 aliphatic heterocycles. The molecule has 3 rings (SSSR count). The number of aromatic nitrogens is 3. The van der Waals surface area contributed by atoms with Gasteiger partial charge in [0.05, 0.1) is 24.9 Å². The molecule has 0 atom stereocenters. The van der Waals surface area contributed by atoms with Gasteiger partial charge in [-0.05, 0) is 38.4 Å². The van der Waals surface area contributed by atoms with E-state index in [-0.39, 0.29) is 18.3 Å². The van der Waals surface area contributed by atoms with Gasteiger partial charge < -0.3 is 15.0 Å². The van der Waals surface area contributed by atoms with Crippen molar-refractivity contribution in [3.05, 3.63) is 47.3 Å². The molecular weight excluding hydrogens is 366 g/mol. The van der Waals surface area contributed by atoms with E-state index in [1.54, 1.807) is 11.9 Å². The average molecular weight is 394 g/mol. The standard InChI is InChI=1S/C19H27N5O2.ClH/c1-15-18(21-22-24(15)17-8-10-20-11-9-17)19(25)23(2)12-13-26-14-16-6-4-3-5-7-16;/h3-7,17,20H,8-14H2,1-2H3;1H. The van der Waals surface area contributed by atoms with Crippen LogP contribution < -0.4 is 5.32 Å². The van der Waals surface area contributed by atoms with Gasteiger partial charge in [-0.1, -0.05) is 35.5 Å². The molecule has 0 spiro atoms. The molecule has 27 heavy (non-hydrogen) atoms. The Hall–Kier alpha value is -1.96. The summed E-state index contributed by atoms with van der Waals surface area (Å²) in [5.41, 5.74) is 2.41. The van der Waals surface area contributed by atoms with Crippen LogP contribution in [-0.4, -0.2) is 59.1 Å². The second-order valence-electron chi connectivity index (χ2n) is 6.71. The molecule has 0 bridgehead atoms. The van der Waals surface area contributed by atoms with Crippen molar-refractivity contribution in [2.45, 2.75) is 32.4 Å². The van der Waals surface area contributed by atoms with Crippen LogP contribution in [0.3, 0.4) is 0 Å². The van der Waals surface area contributed by atoms with Crippen LogP contribution in [0.1, 0.15) is 40.6 Å². The summed E-state index contributed by atoms with van der Waals surface area (Å²) in [6, 6.07) is 10.3. The number of halogens is 1. The lowest BCUT2D eigenvalue weighted by Gasteiger charge is -2.23. The van der Waals surface area contributed by atoms with Crippen molar-refractivity contribution >= 4 is 18.3 Å². The number of likely N-dealkylation sites (N-methyl/N-ethyl adjacent to an activating group) is 1. The van der Waals surface area contributed by atoms with Crippen molar-refractivity contribution < 1.29 is 9.53 Å². The minimum Gasteiger partial charge on any atom is -0.375 e. The lowest BCUT2D eigenvalue weighted by molar-refractivity contribution is 0.0665. The molecule has 1 amide bonds. The van der Waals surface area contributed by atoms with E-state index >= 15 is 0 Å². The first-order valence-corrected chi connectivity index (χ1v) is 9.16. The van der Waals surface area contributed by atoms with Crippen LogP contribution in [0.5, 0.6) is 0 Å². The van der Waals surface area contributed by atoms with Crippen LogP contribution in [0.2, 0.25) is 0 Å². The summed E-state index contributed by atoms with van der Waals surface area (Å²) < 4.78 is 7.58. The van der Waals surface area contributed by atoms with Gasteiger partial charge >= 0.3 is 0 Å². The molecule has 0 aliphatic carbocycles. The summed E-state index contributed by atoms with van der Waals surface area (Å²) in [4.78, 5) is 14.3.